The number of methoxy groups -OCH3 is 1. The van der Waals surface area contributed by atoms with Gasteiger partial charge in [0.1, 0.15) is 5.75 Å². The van der Waals surface area contributed by atoms with Crippen LogP contribution in [0.4, 0.5) is 0 Å². The highest BCUT2D eigenvalue weighted by molar-refractivity contribution is 5.69. The third-order valence-electron chi connectivity index (χ3n) is 1.51. The molecule has 0 aliphatic carbocycles. The molecule has 0 amide bonds. The number of hydrogen-bond acceptors (Lipinski definition) is 2. The molecule has 0 aromatic heterocycles. The molecule has 3 nitrogen and oxygen atoms in total. The van der Waals surface area contributed by atoms with E-state index in [1.807, 2.05) is 0 Å². The van der Waals surface area contributed by atoms with Gasteiger partial charge in [0, 0.05) is 0 Å². The quantitative estimate of drug-likeness (QED) is 0.675. The third-order valence-corrected chi connectivity index (χ3v) is 1.51. The van der Waals surface area contributed by atoms with Gasteiger partial charge in [0.15, 0.2) is 0 Å². The highest BCUT2D eigenvalue weighted by atomic mass is 16.5. The van der Waals surface area contributed by atoms with Gasteiger partial charge in [-0.05, 0) is 17.7 Å². The fraction of sp³-hybridized carbons (Fsp3) is 0.222. The van der Waals surface area contributed by atoms with Gasteiger partial charge < -0.3 is 4.74 Å². The summed E-state index contributed by atoms with van der Waals surface area (Å²) in [6, 6.07) is 6.85. The molecule has 0 saturated heterocycles. The Morgan fingerprint density at radius 3 is 2.33 bits per heavy atom. The smallest absolute Gasteiger partial charge is 0.359 e. The normalized spacial score (nSPS) is 9.42. The van der Waals surface area contributed by atoms with Crippen molar-refractivity contribution in [3.05, 3.63) is 29.8 Å². The molecule has 0 aliphatic rings. The molecule has 0 atom stereocenters. The van der Waals surface area contributed by atoms with Gasteiger partial charge in [0.25, 0.3) is 0 Å². The van der Waals surface area contributed by atoms with Gasteiger partial charge >= 0.3 is 5.97 Å². The van der Waals surface area contributed by atoms with Crippen LogP contribution >= 0.6 is 0 Å². The Bertz CT molecular complexity index is 264. The van der Waals surface area contributed by atoms with Crippen LogP contribution < -0.4 is 4.74 Å². The molecule has 0 N–H and O–H groups in total. The zero-order chi connectivity index (χ0) is 8.97. The first-order chi connectivity index (χ1) is 5.72. The van der Waals surface area contributed by atoms with E-state index in [9.17, 15) is 9.90 Å². The van der Waals surface area contributed by atoms with E-state index in [0.29, 0.717) is 0 Å². The second kappa shape index (κ2) is 3.76. The zero-order valence-corrected chi connectivity index (χ0v) is 6.74. The lowest BCUT2D eigenvalue weighted by atomic mass is 10.1. The van der Waals surface area contributed by atoms with E-state index in [1.165, 1.54) is 0 Å². The Morgan fingerprint density at radius 2 is 1.92 bits per heavy atom. The van der Waals surface area contributed by atoms with Gasteiger partial charge in [0.05, 0.1) is 13.5 Å². The SMILES string of the molecule is COc1ccc(CC([O])=O)cc1. The first-order valence-electron chi connectivity index (χ1n) is 3.55. The van der Waals surface area contributed by atoms with E-state index >= 15 is 0 Å². The maximum Gasteiger partial charge on any atom is 0.359 e. The predicted molar refractivity (Wildman–Crippen MR) is 42.4 cm³/mol. The molecular formula is C9H9O3. The summed E-state index contributed by atoms with van der Waals surface area (Å²) in [5.74, 6) is -0.350. The molecule has 12 heavy (non-hydrogen) atoms. The maximum absolute atomic E-state index is 10.2. The van der Waals surface area contributed by atoms with Crippen LogP contribution in [0.1, 0.15) is 5.56 Å². The van der Waals surface area contributed by atoms with Gasteiger partial charge in [-0.2, -0.15) is 0 Å². The number of hydrogen-bond donors (Lipinski definition) is 0. The molecule has 1 aromatic carbocycles. The molecule has 0 aliphatic heterocycles. The van der Waals surface area contributed by atoms with Crippen molar-refractivity contribution in [2.75, 3.05) is 7.11 Å². The lowest BCUT2D eigenvalue weighted by molar-refractivity contribution is -0.142. The minimum absolute atomic E-state index is 0.0516. The minimum Gasteiger partial charge on any atom is -0.497 e. The van der Waals surface area contributed by atoms with E-state index in [0.717, 1.165) is 11.3 Å². The molecule has 0 spiro atoms. The minimum atomic E-state index is -1.07. The van der Waals surface area contributed by atoms with Crippen molar-refractivity contribution < 1.29 is 14.6 Å². The molecule has 63 valence electrons. The molecular weight excluding hydrogens is 156 g/mol. The molecule has 1 aromatic rings. The van der Waals surface area contributed by atoms with Crippen LogP contribution in [0.25, 0.3) is 0 Å². The van der Waals surface area contributed by atoms with Gasteiger partial charge in [-0.25, -0.2) is 9.90 Å². The second-order valence-electron chi connectivity index (χ2n) is 2.40. The number of carbonyl (C=O) groups is 1. The monoisotopic (exact) mass is 165 g/mol. The Kier molecular flexibility index (Phi) is 2.69. The van der Waals surface area contributed by atoms with Gasteiger partial charge in [0.2, 0.25) is 0 Å². The fourth-order valence-corrected chi connectivity index (χ4v) is 0.910. The summed E-state index contributed by atoms with van der Waals surface area (Å²) in [5, 5.41) is 10.2. The molecule has 3 heteroatoms. The van der Waals surface area contributed by atoms with Crippen molar-refractivity contribution in [2.24, 2.45) is 0 Å². The fourth-order valence-electron chi connectivity index (χ4n) is 0.910. The summed E-state index contributed by atoms with van der Waals surface area (Å²) in [4.78, 5) is 10.2. The van der Waals surface area contributed by atoms with E-state index in [-0.39, 0.29) is 6.42 Å². The van der Waals surface area contributed by atoms with E-state index in [1.54, 1.807) is 31.4 Å². The van der Waals surface area contributed by atoms with E-state index < -0.39 is 5.97 Å². The molecule has 0 fully saturated rings. The number of benzene rings is 1. The Balaban J connectivity index is 2.71. The first kappa shape index (κ1) is 8.59. The maximum atomic E-state index is 10.2. The molecule has 1 radical (unpaired) electrons. The topological polar surface area (TPSA) is 46.2 Å². The average Bonchev–Trinajstić information content (AvgIpc) is 2.05. The lowest BCUT2D eigenvalue weighted by Gasteiger charge is -1.99. The third kappa shape index (κ3) is 2.27. The van der Waals surface area contributed by atoms with Gasteiger partial charge in [-0.15, -0.1) is 0 Å². The van der Waals surface area contributed by atoms with Crippen molar-refractivity contribution >= 4 is 5.97 Å². The van der Waals surface area contributed by atoms with Crippen molar-refractivity contribution in [3.63, 3.8) is 0 Å². The van der Waals surface area contributed by atoms with Crippen LogP contribution in [-0.2, 0) is 16.3 Å². The molecule has 0 heterocycles. The summed E-state index contributed by atoms with van der Waals surface area (Å²) < 4.78 is 4.91. The molecule has 0 saturated carbocycles. The van der Waals surface area contributed by atoms with E-state index in [2.05, 4.69) is 0 Å². The summed E-state index contributed by atoms with van der Waals surface area (Å²) in [5.41, 5.74) is 0.718. The highest BCUT2D eigenvalue weighted by Crippen LogP contribution is 2.11. The van der Waals surface area contributed by atoms with Crippen LogP contribution in [-0.4, -0.2) is 13.1 Å². The molecule has 1 rings (SSSR count). The summed E-state index contributed by atoms with van der Waals surface area (Å²) in [6.07, 6.45) is -0.0516. The van der Waals surface area contributed by atoms with Crippen LogP contribution in [0.15, 0.2) is 24.3 Å². The summed E-state index contributed by atoms with van der Waals surface area (Å²) in [6.45, 7) is 0. The van der Waals surface area contributed by atoms with Crippen LogP contribution in [0, 0.1) is 0 Å². The average molecular weight is 165 g/mol. The number of ether oxygens (including phenoxy) is 1. The van der Waals surface area contributed by atoms with Gasteiger partial charge in [-0.3, -0.25) is 0 Å². The number of rotatable bonds is 3. The van der Waals surface area contributed by atoms with Crippen LogP contribution in [0.5, 0.6) is 5.75 Å². The van der Waals surface area contributed by atoms with Crippen molar-refractivity contribution in [1.82, 2.24) is 0 Å². The second-order valence-corrected chi connectivity index (χ2v) is 2.40. The standard InChI is InChI=1S/C9H9O3/c1-12-8-4-2-7(3-5-8)6-9(10)11/h2-5H,6H2,1H3. The van der Waals surface area contributed by atoms with E-state index in [4.69, 9.17) is 4.74 Å². The zero-order valence-electron chi connectivity index (χ0n) is 6.74. The molecule has 0 bridgehead atoms. The summed E-state index contributed by atoms with van der Waals surface area (Å²) >= 11 is 0. The Labute approximate surface area is 70.6 Å². The van der Waals surface area contributed by atoms with Crippen LogP contribution in [0.2, 0.25) is 0 Å². The Hall–Kier alpha value is -1.51. The molecule has 0 unspecified atom stereocenters. The van der Waals surface area contributed by atoms with Crippen molar-refractivity contribution in [2.45, 2.75) is 6.42 Å². The first-order valence-corrected chi connectivity index (χ1v) is 3.55. The number of carbonyl (C=O) groups excluding carboxylic acids is 1. The van der Waals surface area contributed by atoms with Crippen LogP contribution in [0.3, 0.4) is 0 Å². The Morgan fingerprint density at radius 1 is 1.33 bits per heavy atom. The highest BCUT2D eigenvalue weighted by Gasteiger charge is 2.01. The van der Waals surface area contributed by atoms with Gasteiger partial charge in [-0.1, -0.05) is 12.1 Å². The van der Waals surface area contributed by atoms with Crippen molar-refractivity contribution in [3.8, 4) is 5.75 Å². The lowest BCUT2D eigenvalue weighted by Crippen LogP contribution is -1.97. The largest absolute Gasteiger partial charge is 0.497 e. The summed E-state index contributed by atoms with van der Waals surface area (Å²) in [7, 11) is 1.56. The van der Waals surface area contributed by atoms with Crippen molar-refractivity contribution in [1.29, 1.82) is 0 Å². The predicted octanol–water partition coefficient (Wildman–Crippen LogP) is 1.19.